The molecule has 0 amide bonds. The molecule has 1 heterocycles. The molecule has 12 atom stereocenters. The number of carbonyl (C=O) groups is 3. The fourth-order valence-corrected chi connectivity index (χ4v) is 11.0. The van der Waals surface area contributed by atoms with Crippen LogP contribution in [0.4, 0.5) is 0 Å². The quantitative estimate of drug-likeness (QED) is 0.196. The van der Waals surface area contributed by atoms with Crippen LogP contribution < -0.4 is 0 Å². The maximum Gasteiger partial charge on any atom is 0.311 e. The van der Waals surface area contributed by atoms with Crippen molar-refractivity contribution in [1.29, 1.82) is 0 Å². The van der Waals surface area contributed by atoms with E-state index in [1.807, 2.05) is 13.8 Å². The van der Waals surface area contributed by atoms with E-state index in [9.17, 15) is 34.8 Å². The van der Waals surface area contributed by atoms with Gasteiger partial charge >= 0.3 is 11.9 Å². The average molecular weight is 689 g/mol. The zero-order valence-electron chi connectivity index (χ0n) is 30.8. The molecule has 2 saturated carbocycles. The summed E-state index contributed by atoms with van der Waals surface area (Å²) in [5.41, 5.74) is 2.41. The molecular weight excluding hydrogens is 628 g/mol. The molecule has 49 heavy (non-hydrogen) atoms. The lowest BCUT2D eigenvalue weighted by Crippen LogP contribution is -2.60. The maximum atomic E-state index is 14.5. The topological polar surface area (TPSA) is 160 Å². The molecule has 0 aromatic carbocycles. The second-order valence-electron chi connectivity index (χ2n) is 17.3. The number of esters is 2. The number of rotatable bonds is 9. The first-order chi connectivity index (χ1) is 22.7. The Morgan fingerprint density at radius 1 is 0.959 bits per heavy atom. The Labute approximate surface area is 291 Å². The Morgan fingerprint density at radius 3 is 2.24 bits per heavy atom. The minimum Gasteiger partial charge on any atom is -0.462 e. The fourth-order valence-electron chi connectivity index (χ4n) is 11.0. The van der Waals surface area contributed by atoms with Crippen LogP contribution in [-0.2, 0) is 28.6 Å². The molecule has 0 bridgehead atoms. The third-order valence-corrected chi connectivity index (χ3v) is 14.3. The molecule has 5 rings (SSSR count). The largest absolute Gasteiger partial charge is 0.462 e. The van der Waals surface area contributed by atoms with Crippen molar-refractivity contribution in [2.45, 2.75) is 150 Å². The van der Waals surface area contributed by atoms with Crippen LogP contribution in [0.2, 0.25) is 0 Å². The van der Waals surface area contributed by atoms with Crippen LogP contribution in [0, 0.1) is 45.3 Å². The van der Waals surface area contributed by atoms with Crippen LogP contribution in [0.3, 0.4) is 0 Å². The van der Waals surface area contributed by atoms with Crippen molar-refractivity contribution in [1.82, 2.24) is 0 Å². The van der Waals surface area contributed by atoms with Gasteiger partial charge in [0.1, 0.15) is 36.3 Å². The number of Topliss-reactive ketones (excluding diaryl/α,β-unsaturated/α-hetero) is 1. The first-order valence-electron chi connectivity index (χ1n) is 18.4. The van der Waals surface area contributed by atoms with Gasteiger partial charge in [-0.05, 0) is 79.4 Å². The monoisotopic (exact) mass is 688 g/mol. The molecule has 1 unspecified atom stereocenters. The molecule has 0 aromatic rings. The highest BCUT2D eigenvalue weighted by molar-refractivity contribution is 5.86. The van der Waals surface area contributed by atoms with Gasteiger partial charge in [0.2, 0.25) is 6.29 Å². The molecule has 5 aliphatic rings. The molecule has 0 aromatic heterocycles. The van der Waals surface area contributed by atoms with Gasteiger partial charge in [-0.1, -0.05) is 71.8 Å². The fraction of sp³-hybridized carbons (Fsp3) is 0.821. The summed E-state index contributed by atoms with van der Waals surface area (Å²) in [6.07, 6.45) is -2.26. The van der Waals surface area contributed by atoms with Crippen molar-refractivity contribution in [3.63, 3.8) is 0 Å². The predicted octanol–water partition coefficient (Wildman–Crippen LogP) is 4.80. The van der Waals surface area contributed by atoms with E-state index in [-0.39, 0.29) is 17.3 Å². The summed E-state index contributed by atoms with van der Waals surface area (Å²) in [5, 5.41) is 41.2. The summed E-state index contributed by atoms with van der Waals surface area (Å²) in [6, 6.07) is 0. The van der Waals surface area contributed by atoms with Crippen molar-refractivity contribution in [2.24, 2.45) is 45.3 Å². The Kier molecular flexibility index (Phi) is 10.5. The number of aliphatic hydroxyl groups is 4. The maximum absolute atomic E-state index is 14.5. The minimum absolute atomic E-state index is 0.110. The summed E-state index contributed by atoms with van der Waals surface area (Å²) in [7, 11) is 0. The Bertz CT molecular complexity index is 1360. The van der Waals surface area contributed by atoms with Gasteiger partial charge in [0, 0.05) is 24.7 Å². The van der Waals surface area contributed by atoms with Crippen LogP contribution in [-0.4, -0.2) is 81.6 Å². The molecule has 3 fully saturated rings. The van der Waals surface area contributed by atoms with Crippen molar-refractivity contribution < 1.29 is 49.0 Å². The van der Waals surface area contributed by atoms with E-state index in [0.717, 1.165) is 37.7 Å². The molecule has 276 valence electrons. The number of aliphatic hydroxyl groups excluding tert-OH is 4. The minimum atomic E-state index is -1.73. The van der Waals surface area contributed by atoms with Crippen LogP contribution in [0.5, 0.6) is 0 Å². The molecule has 4 aliphatic carbocycles. The Morgan fingerprint density at radius 2 is 1.63 bits per heavy atom. The second kappa shape index (κ2) is 13.5. The number of ether oxygens (including phenoxy) is 3. The van der Waals surface area contributed by atoms with E-state index in [1.54, 1.807) is 0 Å². The smallest absolute Gasteiger partial charge is 0.311 e. The van der Waals surface area contributed by atoms with Gasteiger partial charge < -0.3 is 34.6 Å². The molecule has 0 radical (unpaired) electrons. The summed E-state index contributed by atoms with van der Waals surface area (Å²) in [5.74, 6) is -1.53. The van der Waals surface area contributed by atoms with E-state index in [1.165, 1.54) is 18.1 Å². The Hall–Kier alpha value is -2.11. The van der Waals surface area contributed by atoms with Gasteiger partial charge in [-0.15, -0.1) is 0 Å². The standard InChI is InChI=1S/C39H60O10/c1-20(2)21(3)10-11-23(34(46)49-35-33(45)32(44)31(43)27(19-40)48-35)30-26(47-22(4)41)18-39(9)25-12-13-28-36(5,6)29(42)15-16-37(28,7)24(25)14-17-38(30,39)8/h20,23,26-28,30-33,35,40,43-45H,3,10-19H2,1-2,4-9H3/t23-,26-,27-,28+,30+,31-,32+,33-,35?,37-,38-,39+/m1/s1. The first kappa shape index (κ1) is 38.1. The predicted molar refractivity (Wildman–Crippen MR) is 182 cm³/mol. The van der Waals surface area contributed by atoms with Crippen molar-refractivity contribution >= 4 is 17.7 Å². The van der Waals surface area contributed by atoms with Gasteiger partial charge in [0.05, 0.1) is 12.5 Å². The summed E-state index contributed by atoms with van der Waals surface area (Å²) >= 11 is 0. The van der Waals surface area contributed by atoms with Gasteiger partial charge in [-0.2, -0.15) is 0 Å². The summed E-state index contributed by atoms with van der Waals surface area (Å²) < 4.78 is 17.6. The molecule has 10 heteroatoms. The average Bonchev–Trinajstić information content (AvgIpc) is 3.25. The lowest BCUT2D eigenvalue weighted by Gasteiger charge is -2.60. The second-order valence-corrected chi connectivity index (χ2v) is 17.3. The SMILES string of the molecule is C=C(CC[C@@H](C(=O)OC1O[C@H](CO)[C@@H](O)[C@H](O)[C@H]1O)[C@H]1[C@H](OC(C)=O)C[C@@]2(C)C3=C(CC[C@]12C)[C@@]1(C)CCC(=O)C(C)(C)[C@@H]1CC3)C(C)C. The van der Waals surface area contributed by atoms with E-state index in [0.29, 0.717) is 31.5 Å². The van der Waals surface area contributed by atoms with Crippen molar-refractivity contribution in [3.05, 3.63) is 23.3 Å². The van der Waals surface area contributed by atoms with Gasteiger partial charge in [-0.25, -0.2) is 0 Å². The highest BCUT2D eigenvalue weighted by atomic mass is 16.7. The first-order valence-corrected chi connectivity index (χ1v) is 18.4. The lowest BCUT2D eigenvalue weighted by atomic mass is 9.43. The van der Waals surface area contributed by atoms with E-state index >= 15 is 0 Å². The molecule has 1 saturated heterocycles. The van der Waals surface area contributed by atoms with Crippen LogP contribution in [0.15, 0.2) is 23.3 Å². The number of carbonyl (C=O) groups excluding carboxylic acids is 3. The summed E-state index contributed by atoms with van der Waals surface area (Å²) in [6.45, 7) is 20.2. The highest BCUT2D eigenvalue weighted by Crippen LogP contribution is 2.72. The van der Waals surface area contributed by atoms with E-state index in [4.69, 9.17) is 14.2 Å². The molecule has 10 nitrogen and oxygen atoms in total. The molecule has 1 aliphatic heterocycles. The van der Waals surface area contributed by atoms with Crippen molar-refractivity contribution in [2.75, 3.05) is 6.61 Å². The third-order valence-electron chi connectivity index (χ3n) is 14.3. The van der Waals surface area contributed by atoms with Gasteiger partial charge in [0.25, 0.3) is 0 Å². The van der Waals surface area contributed by atoms with Crippen LogP contribution in [0.25, 0.3) is 0 Å². The van der Waals surface area contributed by atoms with Gasteiger partial charge in [0.15, 0.2) is 0 Å². The number of ketones is 1. The number of allylic oxidation sites excluding steroid dienone is 3. The Balaban J connectivity index is 1.56. The van der Waals surface area contributed by atoms with Crippen molar-refractivity contribution in [3.8, 4) is 0 Å². The third kappa shape index (κ3) is 6.15. The lowest BCUT2D eigenvalue weighted by molar-refractivity contribution is -0.294. The van der Waals surface area contributed by atoms with E-state index < -0.39 is 83.4 Å². The zero-order valence-corrected chi connectivity index (χ0v) is 30.8. The van der Waals surface area contributed by atoms with Crippen LogP contribution >= 0.6 is 0 Å². The normalized spacial score (nSPS) is 42.2. The molecular formula is C39H60O10. The highest BCUT2D eigenvalue weighted by Gasteiger charge is 2.68. The summed E-state index contributed by atoms with van der Waals surface area (Å²) in [4.78, 5) is 40.3. The number of hydrogen-bond donors (Lipinski definition) is 4. The molecule has 4 N–H and O–H groups in total. The molecule has 0 spiro atoms. The number of hydrogen-bond acceptors (Lipinski definition) is 10. The van der Waals surface area contributed by atoms with Crippen LogP contribution in [0.1, 0.15) is 113 Å². The van der Waals surface area contributed by atoms with Gasteiger partial charge in [-0.3, -0.25) is 14.4 Å². The van der Waals surface area contributed by atoms with E-state index in [2.05, 4.69) is 41.2 Å². The number of fused-ring (bicyclic) bond motifs is 4. The zero-order chi connectivity index (χ0) is 36.4.